The molecule has 2 aromatic carbocycles. The van der Waals surface area contributed by atoms with Gasteiger partial charge in [0.15, 0.2) is 0 Å². The number of thioether (sulfide) groups is 1. The van der Waals surface area contributed by atoms with Crippen LogP contribution in [0.5, 0.6) is 0 Å². The van der Waals surface area contributed by atoms with Crippen LogP contribution in [0.2, 0.25) is 0 Å². The number of hydrogen-bond donors (Lipinski definition) is 1. The molecule has 9 heteroatoms. The summed E-state index contributed by atoms with van der Waals surface area (Å²) in [6.07, 6.45) is 3.53. The van der Waals surface area contributed by atoms with Gasteiger partial charge in [-0.2, -0.15) is 4.31 Å². The molecule has 2 aliphatic heterocycles. The Morgan fingerprint density at radius 1 is 1.00 bits per heavy atom. The smallest absolute Gasteiger partial charge is 0.243 e. The molecule has 0 aliphatic carbocycles. The fourth-order valence-corrected chi connectivity index (χ4v) is 6.46. The van der Waals surface area contributed by atoms with Crippen molar-refractivity contribution in [1.82, 2.24) is 4.31 Å². The van der Waals surface area contributed by atoms with E-state index in [1.165, 1.54) is 18.7 Å². The molecule has 170 valence electrons. The van der Waals surface area contributed by atoms with Crippen LogP contribution < -0.4 is 10.2 Å². The summed E-state index contributed by atoms with van der Waals surface area (Å²) in [6, 6.07) is 12.5. The third-order valence-electron chi connectivity index (χ3n) is 5.74. The van der Waals surface area contributed by atoms with E-state index in [2.05, 4.69) is 5.32 Å². The van der Waals surface area contributed by atoms with Crippen LogP contribution in [-0.4, -0.2) is 49.9 Å². The van der Waals surface area contributed by atoms with Gasteiger partial charge in [-0.15, -0.1) is 11.8 Å². The molecule has 4 rings (SSSR count). The monoisotopic (exact) mass is 473 g/mol. The Morgan fingerprint density at radius 3 is 2.41 bits per heavy atom. The first kappa shape index (κ1) is 22.8. The summed E-state index contributed by atoms with van der Waals surface area (Å²) in [6.45, 7) is 3.17. The summed E-state index contributed by atoms with van der Waals surface area (Å²) in [7, 11) is -3.48. The van der Waals surface area contributed by atoms with Gasteiger partial charge in [-0.05, 0) is 67.3 Å². The van der Waals surface area contributed by atoms with Crippen LogP contribution in [0.4, 0.5) is 11.4 Å². The number of rotatable bonds is 6. The summed E-state index contributed by atoms with van der Waals surface area (Å²) in [5.41, 5.74) is 2.42. The van der Waals surface area contributed by atoms with Crippen LogP contribution in [0.15, 0.2) is 52.3 Å². The lowest BCUT2D eigenvalue weighted by Crippen LogP contribution is -2.35. The van der Waals surface area contributed by atoms with Gasteiger partial charge in [-0.1, -0.05) is 6.42 Å². The lowest BCUT2D eigenvalue weighted by Gasteiger charge is -2.26. The van der Waals surface area contributed by atoms with Crippen molar-refractivity contribution in [2.75, 3.05) is 35.6 Å². The summed E-state index contributed by atoms with van der Waals surface area (Å²) in [5, 5.41) is 2.72. The molecule has 2 heterocycles. The van der Waals surface area contributed by atoms with E-state index in [4.69, 9.17) is 0 Å². The van der Waals surface area contributed by atoms with E-state index in [0.717, 1.165) is 41.1 Å². The van der Waals surface area contributed by atoms with Gasteiger partial charge in [0.1, 0.15) is 0 Å². The number of fused-ring (bicyclic) bond motifs is 1. The molecule has 7 nitrogen and oxygen atoms in total. The van der Waals surface area contributed by atoms with Crippen LogP contribution in [0.3, 0.4) is 0 Å². The number of anilines is 2. The largest absolute Gasteiger partial charge is 0.326 e. The van der Waals surface area contributed by atoms with E-state index in [-0.39, 0.29) is 17.6 Å². The first-order valence-electron chi connectivity index (χ1n) is 10.8. The fourth-order valence-electron chi connectivity index (χ4n) is 4.11. The van der Waals surface area contributed by atoms with E-state index < -0.39 is 10.0 Å². The number of carbonyl (C=O) groups is 2. The average Bonchev–Trinajstić information content (AvgIpc) is 3.22. The molecule has 2 aromatic rings. The third kappa shape index (κ3) is 5.00. The van der Waals surface area contributed by atoms with Gasteiger partial charge >= 0.3 is 0 Å². The predicted octanol–water partition coefficient (Wildman–Crippen LogP) is 3.50. The molecule has 0 spiro atoms. The van der Waals surface area contributed by atoms with E-state index >= 15 is 0 Å². The van der Waals surface area contributed by atoms with Crippen molar-refractivity contribution in [1.29, 1.82) is 0 Å². The van der Waals surface area contributed by atoms with Crippen molar-refractivity contribution < 1.29 is 18.0 Å². The predicted molar refractivity (Wildman–Crippen MR) is 127 cm³/mol. The zero-order chi connectivity index (χ0) is 22.7. The highest BCUT2D eigenvalue weighted by atomic mass is 32.2. The number of benzene rings is 2. The third-order valence-corrected chi connectivity index (χ3v) is 8.63. The molecular formula is C23H27N3O4S2. The number of piperidine rings is 1. The fraction of sp³-hybridized carbons (Fsp3) is 0.391. The SMILES string of the molecule is CC(=O)Nc1ccc(SCC(=O)N2CCc3cc(S(=O)(=O)N4CCCCC4)ccc32)cc1. The number of hydrogen-bond acceptors (Lipinski definition) is 5. The minimum Gasteiger partial charge on any atom is -0.326 e. The van der Waals surface area contributed by atoms with Crippen molar-refractivity contribution in [3.8, 4) is 0 Å². The number of carbonyl (C=O) groups excluding carboxylic acids is 2. The van der Waals surface area contributed by atoms with Crippen LogP contribution in [-0.2, 0) is 26.0 Å². The van der Waals surface area contributed by atoms with Crippen molar-refractivity contribution in [2.45, 2.75) is 42.4 Å². The van der Waals surface area contributed by atoms with Gasteiger partial charge in [0, 0.05) is 42.8 Å². The normalized spacial score (nSPS) is 16.6. The maximum Gasteiger partial charge on any atom is 0.243 e. The van der Waals surface area contributed by atoms with Crippen molar-refractivity contribution in [3.05, 3.63) is 48.0 Å². The Balaban J connectivity index is 1.40. The molecule has 32 heavy (non-hydrogen) atoms. The standard InChI is InChI=1S/C23H27N3O4S2/c1-17(27)24-19-5-7-20(8-6-19)31-16-23(28)26-14-11-18-15-21(9-10-22(18)26)32(29,30)25-12-3-2-4-13-25/h5-10,15H,2-4,11-14,16H2,1H3,(H,24,27). The van der Waals surface area contributed by atoms with E-state index in [9.17, 15) is 18.0 Å². The van der Waals surface area contributed by atoms with E-state index in [1.807, 2.05) is 24.3 Å². The minimum absolute atomic E-state index is 0.00803. The molecule has 2 amide bonds. The molecule has 0 aromatic heterocycles. The quantitative estimate of drug-likeness (QED) is 0.649. The van der Waals surface area contributed by atoms with Gasteiger partial charge in [0.25, 0.3) is 0 Å². The summed E-state index contributed by atoms with van der Waals surface area (Å²) < 4.78 is 27.5. The Kier molecular flexibility index (Phi) is 6.88. The first-order valence-corrected chi connectivity index (χ1v) is 13.2. The maximum atomic E-state index is 13.0. The van der Waals surface area contributed by atoms with Crippen molar-refractivity contribution in [2.24, 2.45) is 0 Å². The van der Waals surface area contributed by atoms with Crippen LogP contribution in [0.1, 0.15) is 31.7 Å². The zero-order valence-electron chi connectivity index (χ0n) is 18.0. The lowest BCUT2D eigenvalue weighted by molar-refractivity contribution is -0.116. The van der Waals surface area contributed by atoms with E-state index in [0.29, 0.717) is 31.0 Å². The van der Waals surface area contributed by atoms with Gasteiger partial charge in [-0.3, -0.25) is 9.59 Å². The Bertz CT molecular complexity index is 1110. The minimum atomic E-state index is -3.48. The molecular weight excluding hydrogens is 446 g/mol. The summed E-state index contributed by atoms with van der Waals surface area (Å²) in [5.74, 6) is 0.152. The number of nitrogens with one attached hydrogen (secondary N) is 1. The Labute approximate surface area is 193 Å². The van der Waals surface area contributed by atoms with Crippen molar-refractivity contribution >= 4 is 45.0 Å². The van der Waals surface area contributed by atoms with Crippen molar-refractivity contribution in [3.63, 3.8) is 0 Å². The number of amides is 2. The topological polar surface area (TPSA) is 86.8 Å². The molecule has 2 aliphatic rings. The summed E-state index contributed by atoms with van der Waals surface area (Å²) in [4.78, 5) is 27.0. The van der Waals surface area contributed by atoms with E-state index in [1.54, 1.807) is 27.4 Å². The molecule has 1 fully saturated rings. The second-order valence-corrected chi connectivity index (χ2v) is 11.0. The molecule has 0 unspecified atom stereocenters. The highest BCUT2D eigenvalue weighted by molar-refractivity contribution is 8.00. The second-order valence-electron chi connectivity index (χ2n) is 8.04. The van der Waals surface area contributed by atoms with Gasteiger partial charge in [0.05, 0.1) is 10.6 Å². The molecule has 1 N–H and O–H groups in total. The van der Waals surface area contributed by atoms with Crippen LogP contribution in [0.25, 0.3) is 0 Å². The van der Waals surface area contributed by atoms with Gasteiger partial charge in [-0.25, -0.2) is 8.42 Å². The van der Waals surface area contributed by atoms with Crippen LogP contribution >= 0.6 is 11.8 Å². The molecule has 1 saturated heterocycles. The number of nitrogens with zero attached hydrogens (tertiary/aromatic N) is 2. The summed E-state index contributed by atoms with van der Waals surface area (Å²) >= 11 is 1.44. The average molecular weight is 474 g/mol. The first-order chi connectivity index (χ1) is 15.3. The Hall–Kier alpha value is -2.36. The maximum absolute atomic E-state index is 13.0. The highest BCUT2D eigenvalue weighted by Gasteiger charge is 2.30. The van der Waals surface area contributed by atoms with Gasteiger partial charge < -0.3 is 10.2 Å². The number of sulfonamides is 1. The zero-order valence-corrected chi connectivity index (χ0v) is 19.7. The highest BCUT2D eigenvalue weighted by Crippen LogP contribution is 2.32. The lowest BCUT2D eigenvalue weighted by atomic mass is 10.2. The van der Waals surface area contributed by atoms with Gasteiger partial charge in [0.2, 0.25) is 21.8 Å². The molecule has 0 atom stereocenters. The second kappa shape index (κ2) is 9.64. The van der Waals surface area contributed by atoms with Crippen LogP contribution in [0, 0.1) is 0 Å². The molecule has 0 radical (unpaired) electrons. The Morgan fingerprint density at radius 2 is 1.72 bits per heavy atom. The molecule has 0 bridgehead atoms. The molecule has 0 saturated carbocycles.